The van der Waals surface area contributed by atoms with Crippen molar-refractivity contribution in [3.8, 4) is 0 Å². The molecule has 2 atom stereocenters. The van der Waals surface area contributed by atoms with Gasteiger partial charge in [-0.05, 0) is 36.1 Å². The highest BCUT2D eigenvalue weighted by Gasteiger charge is 2.36. The summed E-state index contributed by atoms with van der Waals surface area (Å²) < 4.78 is 15.2. The Morgan fingerprint density at radius 2 is 2.17 bits per heavy atom. The second kappa shape index (κ2) is 6.68. The van der Waals surface area contributed by atoms with Crippen LogP contribution in [0.25, 0.3) is 0 Å². The molecule has 0 amide bonds. The average Bonchev–Trinajstić information content (AvgIpc) is 3.03. The lowest BCUT2D eigenvalue weighted by molar-refractivity contribution is -0.138. The van der Waals surface area contributed by atoms with Crippen molar-refractivity contribution in [2.75, 3.05) is 13.1 Å². The monoisotopic (exact) mass is 332 g/mol. The number of carboxylic acid groups (broad SMARTS) is 1. The van der Waals surface area contributed by atoms with Gasteiger partial charge in [-0.25, -0.2) is 4.39 Å². The van der Waals surface area contributed by atoms with Crippen molar-refractivity contribution in [1.82, 2.24) is 19.9 Å². The van der Waals surface area contributed by atoms with Crippen LogP contribution in [0.1, 0.15) is 29.2 Å². The Bertz CT molecular complexity index is 726. The normalized spacial score (nSPS) is 21.3. The van der Waals surface area contributed by atoms with Crippen molar-refractivity contribution >= 4 is 5.97 Å². The summed E-state index contributed by atoms with van der Waals surface area (Å²) in [5.41, 5.74) is 2.61. The SMILES string of the molecule is Cc1cc(F)cc(CN2CC(CC(=O)O)C(c3cn(C)nn3)C2)c1. The second-order valence-electron chi connectivity index (χ2n) is 6.61. The summed E-state index contributed by atoms with van der Waals surface area (Å²) in [5, 5.41) is 17.3. The van der Waals surface area contributed by atoms with Gasteiger partial charge in [-0.3, -0.25) is 14.4 Å². The molecule has 6 nitrogen and oxygen atoms in total. The van der Waals surface area contributed by atoms with Crippen LogP contribution in [-0.2, 0) is 18.4 Å². The van der Waals surface area contributed by atoms with E-state index in [1.54, 1.807) is 11.7 Å². The molecule has 1 N–H and O–H groups in total. The molecule has 0 bridgehead atoms. The quantitative estimate of drug-likeness (QED) is 0.906. The van der Waals surface area contributed by atoms with Gasteiger partial charge in [0, 0.05) is 38.8 Å². The first-order chi connectivity index (χ1) is 11.4. The van der Waals surface area contributed by atoms with Crippen molar-refractivity contribution < 1.29 is 14.3 Å². The predicted molar refractivity (Wildman–Crippen MR) is 85.9 cm³/mol. The lowest BCUT2D eigenvalue weighted by atomic mass is 9.91. The third-order valence-electron chi connectivity index (χ3n) is 4.46. The number of rotatable bonds is 5. The van der Waals surface area contributed by atoms with Gasteiger partial charge in [-0.15, -0.1) is 5.10 Å². The highest BCUT2D eigenvalue weighted by Crippen LogP contribution is 2.34. The average molecular weight is 332 g/mol. The van der Waals surface area contributed by atoms with Gasteiger partial charge in [0.25, 0.3) is 0 Å². The first-order valence-corrected chi connectivity index (χ1v) is 7.97. The summed E-state index contributed by atoms with van der Waals surface area (Å²) in [7, 11) is 1.80. The van der Waals surface area contributed by atoms with Gasteiger partial charge in [-0.1, -0.05) is 11.3 Å². The van der Waals surface area contributed by atoms with Gasteiger partial charge in [-0.2, -0.15) is 0 Å². The Morgan fingerprint density at radius 3 is 2.79 bits per heavy atom. The van der Waals surface area contributed by atoms with Crippen LogP contribution in [-0.4, -0.2) is 44.1 Å². The van der Waals surface area contributed by atoms with E-state index in [4.69, 9.17) is 0 Å². The maximum Gasteiger partial charge on any atom is 0.303 e. The summed E-state index contributed by atoms with van der Waals surface area (Å²) >= 11 is 0. The molecule has 2 unspecified atom stereocenters. The minimum atomic E-state index is -0.808. The smallest absolute Gasteiger partial charge is 0.303 e. The van der Waals surface area contributed by atoms with E-state index in [2.05, 4.69) is 15.2 Å². The third kappa shape index (κ3) is 3.79. The van der Waals surface area contributed by atoms with E-state index in [0.29, 0.717) is 19.6 Å². The van der Waals surface area contributed by atoms with Gasteiger partial charge < -0.3 is 5.11 Å². The lowest BCUT2D eigenvalue weighted by Gasteiger charge is -2.16. The van der Waals surface area contributed by atoms with Crippen LogP contribution >= 0.6 is 0 Å². The fourth-order valence-corrected chi connectivity index (χ4v) is 3.55. The van der Waals surface area contributed by atoms with Crippen LogP contribution in [0.4, 0.5) is 4.39 Å². The van der Waals surface area contributed by atoms with Crippen LogP contribution < -0.4 is 0 Å². The molecule has 1 fully saturated rings. The van der Waals surface area contributed by atoms with Crippen molar-refractivity contribution in [1.29, 1.82) is 0 Å². The first-order valence-electron chi connectivity index (χ1n) is 7.97. The molecule has 3 rings (SSSR count). The zero-order valence-electron chi connectivity index (χ0n) is 13.8. The Kier molecular flexibility index (Phi) is 4.62. The Labute approximate surface area is 139 Å². The van der Waals surface area contributed by atoms with Gasteiger partial charge in [0.15, 0.2) is 0 Å². The van der Waals surface area contributed by atoms with E-state index in [9.17, 15) is 14.3 Å². The number of carboxylic acids is 1. The van der Waals surface area contributed by atoms with E-state index in [0.717, 1.165) is 16.8 Å². The molecule has 1 aromatic heterocycles. The number of hydrogen-bond donors (Lipinski definition) is 1. The lowest BCUT2D eigenvalue weighted by Crippen LogP contribution is -2.21. The number of likely N-dealkylation sites (tertiary alicyclic amines) is 1. The zero-order chi connectivity index (χ0) is 17.3. The standard InChI is InChI=1S/C17H21FN4O2/c1-11-3-12(5-14(18)4-11)7-22-8-13(6-17(23)24)15(9-22)16-10-21(2)20-19-16/h3-5,10,13,15H,6-9H2,1-2H3,(H,23,24). The van der Waals surface area contributed by atoms with Crippen LogP contribution in [0.3, 0.4) is 0 Å². The third-order valence-corrected chi connectivity index (χ3v) is 4.46. The number of hydrogen-bond acceptors (Lipinski definition) is 4. The number of carbonyl (C=O) groups is 1. The maximum absolute atomic E-state index is 13.6. The fourth-order valence-electron chi connectivity index (χ4n) is 3.55. The zero-order valence-corrected chi connectivity index (χ0v) is 13.8. The van der Waals surface area contributed by atoms with Crippen LogP contribution in [0, 0.1) is 18.7 Å². The molecule has 24 heavy (non-hydrogen) atoms. The predicted octanol–water partition coefficient (Wildman–Crippen LogP) is 1.95. The topological polar surface area (TPSA) is 71.2 Å². The second-order valence-corrected chi connectivity index (χ2v) is 6.61. The molecule has 0 radical (unpaired) electrons. The molecule has 1 aliphatic heterocycles. The molecule has 0 saturated carbocycles. The molecule has 1 aromatic carbocycles. The van der Waals surface area contributed by atoms with Crippen LogP contribution in [0.15, 0.2) is 24.4 Å². The molecular weight excluding hydrogens is 311 g/mol. The number of aliphatic carboxylic acids is 1. The molecule has 128 valence electrons. The van der Waals surface area contributed by atoms with E-state index >= 15 is 0 Å². The largest absolute Gasteiger partial charge is 0.481 e. The molecule has 7 heteroatoms. The molecular formula is C17H21FN4O2. The summed E-state index contributed by atoms with van der Waals surface area (Å²) in [5.74, 6) is -1.03. The maximum atomic E-state index is 13.6. The van der Waals surface area contributed by atoms with Crippen LogP contribution in [0.5, 0.6) is 0 Å². The van der Waals surface area contributed by atoms with Crippen LogP contribution in [0.2, 0.25) is 0 Å². The number of nitrogens with zero attached hydrogens (tertiary/aromatic N) is 4. The van der Waals surface area contributed by atoms with Crippen molar-refractivity contribution in [3.05, 3.63) is 47.0 Å². The summed E-state index contributed by atoms with van der Waals surface area (Å²) in [4.78, 5) is 13.4. The number of halogens is 1. The minimum Gasteiger partial charge on any atom is -0.481 e. The number of aromatic nitrogens is 3. The molecule has 2 heterocycles. The minimum absolute atomic E-state index is 0.0196. The summed E-state index contributed by atoms with van der Waals surface area (Å²) in [6, 6.07) is 5.00. The van der Waals surface area contributed by atoms with Crippen molar-refractivity contribution in [3.63, 3.8) is 0 Å². The summed E-state index contributed by atoms with van der Waals surface area (Å²) in [6.07, 6.45) is 1.94. The summed E-state index contributed by atoms with van der Waals surface area (Å²) in [6.45, 7) is 3.83. The van der Waals surface area contributed by atoms with E-state index in [1.807, 2.05) is 19.2 Å². The van der Waals surface area contributed by atoms with Crippen molar-refractivity contribution in [2.45, 2.75) is 25.8 Å². The number of benzene rings is 1. The molecule has 2 aromatic rings. The highest BCUT2D eigenvalue weighted by atomic mass is 19.1. The molecule has 1 saturated heterocycles. The van der Waals surface area contributed by atoms with E-state index < -0.39 is 5.97 Å². The number of aryl methyl sites for hydroxylation is 2. The van der Waals surface area contributed by atoms with Gasteiger partial charge >= 0.3 is 5.97 Å². The van der Waals surface area contributed by atoms with E-state index in [-0.39, 0.29) is 24.1 Å². The molecule has 0 aliphatic carbocycles. The van der Waals surface area contributed by atoms with E-state index in [1.165, 1.54) is 12.1 Å². The molecule has 1 aliphatic rings. The fraction of sp³-hybridized carbons (Fsp3) is 0.471. The Hall–Kier alpha value is -2.28. The Morgan fingerprint density at radius 1 is 1.38 bits per heavy atom. The molecule has 0 spiro atoms. The Balaban J connectivity index is 1.77. The highest BCUT2D eigenvalue weighted by molar-refractivity contribution is 5.67. The van der Waals surface area contributed by atoms with Gasteiger partial charge in [0.05, 0.1) is 12.1 Å². The first kappa shape index (κ1) is 16.6. The van der Waals surface area contributed by atoms with Gasteiger partial charge in [0.1, 0.15) is 5.82 Å². The van der Waals surface area contributed by atoms with Gasteiger partial charge in [0.2, 0.25) is 0 Å². The van der Waals surface area contributed by atoms with Crippen molar-refractivity contribution in [2.24, 2.45) is 13.0 Å².